The average Bonchev–Trinajstić information content (AvgIpc) is 2.46. The van der Waals surface area contributed by atoms with Crippen LogP contribution in [0.25, 0.3) is 0 Å². The van der Waals surface area contributed by atoms with Gasteiger partial charge in [-0.3, -0.25) is 9.78 Å². The molecule has 0 radical (unpaired) electrons. The summed E-state index contributed by atoms with van der Waals surface area (Å²) in [6.07, 6.45) is 9.02. The molecule has 0 unspecified atom stereocenters. The maximum atomic E-state index is 11.8. The van der Waals surface area contributed by atoms with E-state index < -0.39 is 0 Å². The third kappa shape index (κ3) is 4.23. The van der Waals surface area contributed by atoms with E-state index in [1.165, 1.54) is 32.1 Å². The van der Waals surface area contributed by atoms with E-state index >= 15 is 0 Å². The lowest BCUT2D eigenvalue weighted by molar-refractivity contribution is 0.0948. The number of amides is 1. The SMILES string of the molecule is CCCNC(=O)c1cc(NC2CCCCC2)ccn1. The third-order valence-electron chi connectivity index (χ3n) is 3.50. The highest BCUT2D eigenvalue weighted by Crippen LogP contribution is 2.21. The summed E-state index contributed by atoms with van der Waals surface area (Å²) in [5.41, 5.74) is 1.50. The quantitative estimate of drug-likeness (QED) is 0.856. The van der Waals surface area contributed by atoms with Gasteiger partial charge in [-0.1, -0.05) is 26.2 Å². The van der Waals surface area contributed by atoms with Crippen LogP contribution in [-0.4, -0.2) is 23.5 Å². The van der Waals surface area contributed by atoms with E-state index in [4.69, 9.17) is 0 Å². The molecule has 4 heteroatoms. The van der Waals surface area contributed by atoms with Crippen LogP contribution < -0.4 is 10.6 Å². The first-order valence-corrected chi connectivity index (χ1v) is 7.30. The van der Waals surface area contributed by atoms with Gasteiger partial charge in [0.15, 0.2) is 0 Å². The van der Waals surface area contributed by atoms with E-state index in [-0.39, 0.29) is 5.91 Å². The fraction of sp³-hybridized carbons (Fsp3) is 0.600. The Balaban J connectivity index is 1.95. The Kier molecular flexibility index (Phi) is 5.19. The highest BCUT2D eigenvalue weighted by Gasteiger charge is 2.14. The molecule has 19 heavy (non-hydrogen) atoms. The van der Waals surface area contributed by atoms with Crippen LogP contribution in [0.5, 0.6) is 0 Å². The molecule has 1 aliphatic carbocycles. The molecule has 0 aromatic carbocycles. The summed E-state index contributed by atoms with van der Waals surface area (Å²) in [5, 5.41) is 6.36. The second-order valence-corrected chi connectivity index (χ2v) is 5.16. The summed E-state index contributed by atoms with van der Waals surface area (Å²) < 4.78 is 0. The number of anilines is 1. The zero-order valence-electron chi connectivity index (χ0n) is 11.6. The van der Waals surface area contributed by atoms with Crippen molar-refractivity contribution in [3.8, 4) is 0 Å². The first kappa shape index (κ1) is 13.8. The number of nitrogens with zero attached hydrogens (tertiary/aromatic N) is 1. The molecule has 0 spiro atoms. The number of aromatic nitrogens is 1. The first-order valence-electron chi connectivity index (χ1n) is 7.30. The molecule has 0 atom stereocenters. The number of nitrogens with one attached hydrogen (secondary N) is 2. The number of hydrogen-bond donors (Lipinski definition) is 2. The second-order valence-electron chi connectivity index (χ2n) is 5.16. The van der Waals surface area contributed by atoms with Crippen LogP contribution in [0.15, 0.2) is 18.3 Å². The van der Waals surface area contributed by atoms with Crippen molar-refractivity contribution < 1.29 is 4.79 Å². The number of pyridine rings is 1. The lowest BCUT2D eigenvalue weighted by Gasteiger charge is -2.23. The summed E-state index contributed by atoms with van der Waals surface area (Å²) in [4.78, 5) is 16.0. The van der Waals surface area contributed by atoms with Gasteiger partial charge >= 0.3 is 0 Å². The largest absolute Gasteiger partial charge is 0.382 e. The fourth-order valence-corrected chi connectivity index (χ4v) is 2.46. The molecule has 1 aliphatic rings. The lowest BCUT2D eigenvalue weighted by atomic mass is 9.95. The number of carbonyl (C=O) groups is 1. The summed E-state index contributed by atoms with van der Waals surface area (Å²) in [6, 6.07) is 4.33. The van der Waals surface area contributed by atoms with Gasteiger partial charge in [0.05, 0.1) is 0 Å². The molecule has 4 nitrogen and oxygen atoms in total. The summed E-state index contributed by atoms with van der Waals surface area (Å²) in [6.45, 7) is 2.73. The zero-order chi connectivity index (χ0) is 13.5. The molecule has 0 saturated heterocycles. The van der Waals surface area contributed by atoms with E-state index in [1.54, 1.807) is 6.20 Å². The predicted octanol–water partition coefficient (Wildman–Crippen LogP) is 2.97. The Morgan fingerprint density at radius 1 is 1.37 bits per heavy atom. The highest BCUT2D eigenvalue weighted by atomic mass is 16.1. The Morgan fingerprint density at radius 2 is 2.16 bits per heavy atom. The Hall–Kier alpha value is -1.58. The molecule has 2 N–H and O–H groups in total. The highest BCUT2D eigenvalue weighted by molar-refractivity contribution is 5.93. The number of hydrogen-bond acceptors (Lipinski definition) is 3. The molecule has 1 fully saturated rings. The van der Waals surface area contributed by atoms with Gasteiger partial charge in [0.2, 0.25) is 0 Å². The van der Waals surface area contributed by atoms with E-state index in [0.717, 1.165) is 12.1 Å². The van der Waals surface area contributed by atoms with E-state index in [2.05, 4.69) is 15.6 Å². The average molecular weight is 261 g/mol. The minimum atomic E-state index is -0.0888. The molecule has 1 heterocycles. The minimum absolute atomic E-state index is 0.0888. The monoisotopic (exact) mass is 261 g/mol. The summed E-state index contributed by atoms with van der Waals surface area (Å²) in [5.74, 6) is -0.0888. The summed E-state index contributed by atoms with van der Waals surface area (Å²) in [7, 11) is 0. The first-order chi connectivity index (χ1) is 9.29. The van der Waals surface area contributed by atoms with E-state index in [1.807, 2.05) is 19.1 Å². The lowest BCUT2D eigenvalue weighted by Crippen LogP contribution is -2.26. The molecule has 1 aromatic rings. The van der Waals surface area contributed by atoms with Crippen molar-refractivity contribution >= 4 is 11.6 Å². The van der Waals surface area contributed by atoms with Gasteiger partial charge in [0, 0.05) is 24.5 Å². The van der Waals surface area contributed by atoms with Crippen molar-refractivity contribution in [3.05, 3.63) is 24.0 Å². The fourth-order valence-electron chi connectivity index (χ4n) is 2.46. The third-order valence-corrected chi connectivity index (χ3v) is 3.50. The van der Waals surface area contributed by atoms with Crippen molar-refractivity contribution in [1.29, 1.82) is 0 Å². The maximum Gasteiger partial charge on any atom is 0.269 e. The number of rotatable bonds is 5. The molecule has 1 amide bonds. The van der Waals surface area contributed by atoms with Gasteiger partial charge < -0.3 is 10.6 Å². The van der Waals surface area contributed by atoms with Crippen LogP contribution in [0.3, 0.4) is 0 Å². The summed E-state index contributed by atoms with van der Waals surface area (Å²) >= 11 is 0. The van der Waals surface area contributed by atoms with Gasteiger partial charge in [-0.2, -0.15) is 0 Å². The van der Waals surface area contributed by atoms with Gasteiger partial charge in [-0.25, -0.2) is 0 Å². The van der Waals surface area contributed by atoms with Gasteiger partial charge in [0.25, 0.3) is 5.91 Å². The Morgan fingerprint density at radius 3 is 2.89 bits per heavy atom. The van der Waals surface area contributed by atoms with Crippen LogP contribution in [0.1, 0.15) is 55.9 Å². The molecular formula is C15H23N3O. The van der Waals surface area contributed by atoms with Gasteiger partial charge in [-0.05, 0) is 31.4 Å². The molecule has 0 aliphatic heterocycles. The van der Waals surface area contributed by atoms with Gasteiger partial charge in [0.1, 0.15) is 5.69 Å². The topological polar surface area (TPSA) is 54.0 Å². The van der Waals surface area contributed by atoms with Gasteiger partial charge in [-0.15, -0.1) is 0 Å². The Bertz CT molecular complexity index is 414. The van der Waals surface area contributed by atoms with Crippen LogP contribution >= 0.6 is 0 Å². The molecule has 2 rings (SSSR count). The van der Waals surface area contributed by atoms with Crippen molar-refractivity contribution in [2.75, 3.05) is 11.9 Å². The molecule has 1 aromatic heterocycles. The smallest absolute Gasteiger partial charge is 0.269 e. The normalized spacial score (nSPS) is 16.1. The minimum Gasteiger partial charge on any atom is -0.382 e. The maximum absolute atomic E-state index is 11.8. The molecule has 1 saturated carbocycles. The van der Waals surface area contributed by atoms with Crippen LogP contribution in [-0.2, 0) is 0 Å². The Labute approximate surface area is 115 Å². The molecular weight excluding hydrogens is 238 g/mol. The molecule has 104 valence electrons. The van der Waals surface area contributed by atoms with Crippen LogP contribution in [0.4, 0.5) is 5.69 Å². The van der Waals surface area contributed by atoms with E-state index in [0.29, 0.717) is 18.3 Å². The zero-order valence-corrected chi connectivity index (χ0v) is 11.6. The van der Waals surface area contributed by atoms with E-state index in [9.17, 15) is 4.79 Å². The van der Waals surface area contributed by atoms with Crippen molar-refractivity contribution in [1.82, 2.24) is 10.3 Å². The standard InChI is InChI=1S/C15H23N3O/c1-2-9-17-15(19)14-11-13(8-10-16-14)18-12-6-4-3-5-7-12/h8,10-12H,2-7,9H2,1H3,(H,16,18)(H,17,19). The second kappa shape index (κ2) is 7.12. The van der Waals surface area contributed by atoms with Crippen LogP contribution in [0.2, 0.25) is 0 Å². The van der Waals surface area contributed by atoms with Crippen molar-refractivity contribution in [2.45, 2.75) is 51.5 Å². The van der Waals surface area contributed by atoms with Crippen molar-refractivity contribution in [2.24, 2.45) is 0 Å². The molecule has 0 bridgehead atoms. The van der Waals surface area contributed by atoms with Crippen LogP contribution in [0, 0.1) is 0 Å². The predicted molar refractivity (Wildman–Crippen MR) is 77.4 cm³/mol. The van der Waals surface area contributed by atoms with Crippen molar-refractivity contribution in [3.63, 3.8) is 0 Å². The number of carbonyl (C=O) groups excluding carboxylic acids is 1.